The molecule has 1 rings (SSSR count). The van der Waals surface area contributed by atoms with E-state index in [-0.39, 0.29) is 12.2 Å². The molecule has 0 aliphatic carbocycles. The van der Waals surface area contributed by atoms with Crippen molar-refractivity contribution in [2.75, 3.05) is 0 Å². The van der Waals surface area contributed by atoms with Crippen LogP contribution in [0.1, 0.15) is 34.6 Å². The van der Waals surface area contributed by atoms with Gasteiger partial charge in [-0.25, -0.2) is 0 Å². The molecule has 0 aromatic heterocycles. The molecule has 76 valence electrons. The van der Waals surface area contributed by atoms with Crippen LogP contribution in [0.15, 0.2) is 12.2 Å². The van der Waals surface area contributed by atoms with E-state index in [1.54, 1.807) is 0 Å². The summed E-state index contributed by atoms with van der Waals surface area (Å²) >= 11 is 0. The van der Waals surface area contributed by atoms with Crippen molar-refractivity contribution in [3.8, 4) is 0 Å². The van der Waals surface area contributed by atoms with Gasteiger partial charge in [-0.05, 0) is 32.3 Å². The second-order valence-electron chi connectivity index (χ2n) is 4.61. The molecule has 0 radical (unpaired) electrons. The van der Waals surface area contributed by atoms with E-state index in [9.17, 15) is 0 Å². The first-order chi connectivity index (χ1) is 5.83. The molecule has 13 heavy (non-hydrogen) atoms. The molecule has 0 saturated carbocycles. The highest BCUT2D eigenvalue weighted by Gasteiger charge is 2.42. The highest BCUT2D eigenvalue weighted by atomic mass is 16.8. The van der Waals surface area contributed by atoms with Crippen LogP contribution in [0.2, 0.25) is 0 Å². The van der Waals surface area contributed by atoms with Crippen molar-refractivity contribution in [1.82, 2.24) is 0 Å². The molecular formula is C11H20O2. The van der Waals surface area contributed by atoms with Crippen LogP contribution >= 0.6 is 0 Å². The Bertz CT molecular complexity index is 206. The first-order valence-electron chi connectivity index (χ1n) is 4.84. The fourth-order valence-electron chi connectivity index (χ4n) is 1.66. The molecule has 2 atom stereocenters. The lowest BCUT2D eigenvalue weighted by atomic mass is 9.98. The summed E-state index contributed by atoms with van der Waals surface area (Å²) in [5.74, 6) is 0.00178. The summed E-state index contributed by atoms with van der Waals surface area (Å²) in [7, 11) is 0. The molecule has 1 aliphatic rings. The number of hydrogen-bond acceptors (Lipinski definition) is 2. The van der Waals surface area contributed by atoms with Crippen LogP contribution in [0.25, 0.3) is 0 Å². The Morgan fingerprint density at radius 2 is 1.85 bits per heavy atom. The molecule has 0 aromatic rings. The van der Waals surface area contributed by atoms with Crippen molar-refractivity contribution in [2.24, 2.45) is 5.92 Å². The minimum Gasteiger partial charge on any atom is -0.344 e. The summed E-state index contributed by atoms with van der Waals surface area (Å²) in [6.45, 7) is 14.1. The second-order valence-corrected chi connectivity index (χ2v) is 4.61. The Balaban J connectivity index is 2.77. The normalized spacial score (nSPS) is 32.5. The Labute approximate surface area is 80.9 Å². The Kier molecular flexibility index (Phi) is 2.83. The molecule has 1 heterocycles. The minimum absolute atomic E-state index is 0.0509. The topological polar surface area (TPSA) is 18.5 Å². The largest absolute Gasteiger partial charge is 0.344 e. The van der Waals surface area contributed by atoms with Gasteiger partial charge in [-0.1, -0.05) is 20.4 Å². The third kappa shape index (κ3) is 2.32. The van der Waals surface area contributed by atoms with Gasteiger partial charge in [0, 0.05) is 0 Å². The Morgan fingerprint density at radius 3 is 2.15 bits per heavy atom. The van der Waals surface area contributed by atoms with Crippen molar-refractivity contribution < 1.29 is 9.47 Å². The highest BCUT2D eigenvalue weighted by Crippen LogP contribution is 2.34. The zero-order chi connectivity index (χ0) is 10.2. The van der Waals surface area contributed by atoms with E-state index in [0.717, 1.165) is 5.57 Å². The molecule has 0 bridgehead atoms. The Hall–Kier alpha value is -0.340. The van der Waals surface area contributed by atoms with Crippen LogP contribution in [0.5, 0.6) is 0 Å². The number of rotatable bonds is 2. The van der Waals surface area contributed by atoms with Gasteiger partial charge in [0.2, 0.25) is 0 Å². The quantitative estimate of drug-likeness (QED) is 0.614. The summed E-state index contributed by atoms with van der Waals surface area (Å²) in [5, 5.41) is 0. The van der Waals surface area contributed by atoms with E-state index >= 15 is 0 Å². The van der Waals surface area contributed by atoms with Gasteiger partial charge in [-0.15, -0.1) is 0 Å². The van der Waals surface area contributed by atoms with Crippen molar-refractivity contribution >= 4 is 0 Å². The number of ether oxygens (including phenoxy) is 2. The lowest BCUT2D eigenvalue weighted by Gasteiger charge is -2.20. The van der Waals surface area contributed by atoms with Crippen LogP contribution < -0.4 is 0 Å². The van der Waals surface area contributed by atoms with E-state index in [2.05, 4.69) is 20.4 Å². The lowest BCUT2D eigenvalue weighted by Crippen LogP contribution is -2.28. The smallest absolute Gasteiger partial charge is 0.164 e. The molecule has 2 nitrogen and oxygen atoms in total. The predicted molar refractivity (Wildman–Crippen MR) is 53.5 cm³/mol. The maximum Gasteiger partial charge on any atom is 0.164 e. The molecule has 0 N–H and O–H groups in total. The van der Waals surface area contributed by atoms with Gasteiger partial charge in [0.25, 0.3) is 0 Å². The molecule has 1 fully saturated rings. The van der Waals surface area contributed by atoms with Crippen LogP contribution in [0, 0.1) is 5.92 Å². The van der Waals surface area contributed by atoms with Crippen molar-refractivity contribution in [2.45, 2.75) is 52.6 Å². The van der Waals surface area contributed by atoms with Gasteiger partial charge in [0.1, 0.15) is 6.10 Å². The van der Waals surface area contributed by atoms with Crippen LogP contribution in [0.4, 0.5) is 0 Å². The van der Waals surface area contributed by atoms with Gasteiger partial charge in [0.15, 0.2) is 5.79 Å². The summed E-state index contributed by atoms with van der Waals surface area (Å²) < 4.78 is 11.6. The van der Waals surface area contributed by atoms with Crippen LogP contribution in [-0.4, -0.2) is 18.0 Å². The average molecular weight is 184 g/mol. The summed E-state index contributed by atoms with van der Waals surface area (Å²) in [6, 6.07) is 0. The van der Waals surface area contributed by atoms with E-state index in [0.29, 0.717) is 5.92 Å². The van der Waals surface area contributed by atoms with Crippen molar-refractivity contribution in [3.05, 3.63) is 12.2 Å². The van der Waals surface area contributed by atoms with Gasteiger partial charge >= 0.3 is 0 Å². The molecule has 2 heteroatoms. The highest BCUT2D eigenvalue weighted by molar-refractivity contribution is 5.05. The molecule has 1 aliphatic heterocycles. The molecule has 0 unspecified atom stereocenters. The maximum atomic E-state index is 5.80. The third-order valence-electron chi connectivity index (χ3n) is 2.27. The predicted octanol–water partition coefficient (Wildman–Crippen LogP) is 2.74. The van der Waals surface area contributed by atoms with Crippen LogP contribution in [-0.2, 0) is 9.47 Å². The number of hydrogen-bond donors (Lipinski definition) is 0. The standard InChI is InChI=1S/C11H20O2/c1-7(2)9-10(8(3)4)13-11(5,6)12-9/h8-10H,1H2,2-6H3/t9-,10-/m0/s1. The zero-order valence-electron chi connectivity index (χ0n) is 9.26. The molecule has 0 spiro atoms. The fourth-order valence-corrected chi connectivity index (χ4v) is 1.66. The molecule has 0 aromatic carbocycles. The monoisotopic (exact) mass is 184 g/mol. The summed E-state index contributed by atoms with van der Waals surface area (Å²) in [5.41, 5.74) is 1.05. The average Bonchev–Trinajstić information content (AvgIpc) is 2.26. The fraction of sp³-hybridized carbons (Fsp3) is 0.818. The van der Waals surface area contributed by atoms with Crippen molar-refractivity contribution in [1.29, 1.82) is 0 Å². The van der Waals surface area contributed by atoms with Crippen molar-refractivity contribution in [3.63, 3.8) is 0 Å². The van der Waals surface area contributed by atoms with Gasteiger partial charge in [-0.2, -0.15) is 0 Å². The van der Waals surface area contributed by atoms with E-state index < -0.39 is 5.79 Å². The first-order valence-corrected chi connectivity index (χ1v) is 4.84. The minimum atomic E-state index is -0.460. The zero-order valence-corrected chi connectivity index (χ0v) is 9.26. The van der Waals surface area contributed by atoms with Crippen LogP contribution in [0.3, 0.4) is 0 Å². The summed E-state index contributed by atoms with van der Waals surface area (Å²) in [4.78, 5) is 0. The van der Waals surface area contributed by atoms with E-state index in [1.165, 1.54) is 0 Å². The van der Waals surface area contributed by atoms with Gasteiger partial charge in [-0.3, -0.25) is 0 Å². The first kappa shape index (κ1) is 10.7. The summed E-state index contributed by atoms with van der Waals surface area (Å²) in [6.07, 6.45) is 0.197. The van der Waals surface area contributed by atoms with E-state index in [4.69, 9.17) is 9.47 Å². The third-order valence-corrected chi connectivity index (χ3v) is 2.27. The molecule has 0 amide bonds. The SMILES string of the molecule is C=C(C)[C@@H]1OC(C)(C)O[C@H]1C(C)C. The maximum absolute atomic E-state index is 5.80. The molecule has 1 saturated heterocycles. The lowest BCUT2D eigenvalue weighted by molar-refractivity contribution is -0.147. The molecular weight excluding hydrogens is 164 g/mol. The Morgan fingerprint density at radius 1 is 1.31 bits per heavy atom. The second kappa shape index (κ2) is 3.43. The van der Waals surface area contributed by atoms with Gasteiger partial charge < -0.3 is 9.47 Å². The van der Waals surface area contributed by atoms with E-state index in [1.807, 2.05) is 20.8 Å². The van der Waals surface area contributed by atoms with Gasteiger partial charge in [0.05, 0.1) is 6.10 Å².